The zero-order valence-corrected chi connectivity index (χ0v) is 28.2. The molecule has 7 nitrogen and oxygen atoms in total. The van der Waals surface area contributed by atoms with Crippen LogP contribution in [0.4, 0.5) is 0 Å². The van der Waals surface area contributed by atoms with Gasteiger partial charge in [-0.25, -0.2) is 0 Å². The molecule has 0 aromatic heterocycles. The van der Waals surface area contributed by atoms with Gasteiger partial charge in [0.2, 0.25) is 0 Å². The summed E-state index contributed by atoms with van der Waals surface area (Å²) in [5, 5.41) is 0. The van der Waals surface area contributed by atoms with E-state index in [9.17, 15) is 4.79 Å². The van der Waals surface area contributed by atoms with E-state index in [1.165, 1.54) is 0 Å². The van der Waals surface area contributed by atoms with Gasteiger partial charge in [0.1, 0.15) is 13.2 Å². The average molecular weight is 659 g/mol. The number of rotatable bonds is 14. The third-order valence-corrected chi connectivity index (χ3v) is 9.05. The molecule has 3 atom stereocenters. The van der Waals surface area contributed by atoms with Gasteiger partial charge in [-0.05, 0) is 64.1 Å². The molecule has 49 heavy (non-hydrogen) atoms. The van der Waals surface area contributed by atoms with Gasteiger partial charge in [-0.15, -0.1) is 0 Å². The first-order chi connectivity index (χ1) is 24.1. The third kappa shape index (κ3) is 8.07. The minimum atomic E-state index is -0.564. The predicted molar refractivity (Wildman–Crippen MR) is 188 cm³/mol. The molecule has 0 amide bonds. The summed E-state index contributed by atoms with van der Waals surface area (Å²) in [5.41, 5.74) is 5.97. The molecule has 0 radical (unpaired) electrons. The summed E-state index contributed by atoms with van der Waals surface area (Å²) in [6.07, 6.45) is 0.599. The van der Waals surface area contributed by atoms with E-state index in [4.69, 9.17) is 28.4 Å². The lowest BCUT2D eigenvalue weighted by Gasteiger charge is -2.39. The number of carbonyl (C=O) groups is 1. The molecule has 7 heteroatoms. The van der Waals surface area contributed by atoms with E-state index < -0.39 is 11.8 Å². The normalized spacial score (nSPS) is 16.7. The number of fused-ring (bicyclic) bond motifs is 1. The van der Waals surface area contributed by atoms with E-state index in [2.05, 4.69) is 0 Å². The van der Waals surface area contributed by atoms with Crippen LogP contribution in [-0.2, 0) is 40.5 Å². The second-order valence-corrected chi connectivity index (χ2v) is 12.2. The van der Waals surface area contributed by atoms with Crippen molar-refractivity contribution in [1.29, 1.82) is 0 Å². The van der Waals surface area contributed by atoms with Gasteiger partial charge in [-0.2, -0.15) is 0 Å². The monoisotopic (exact) mass is 658 g/mol. The number of benzene rings is 5. The van der Waals surface area contributed by atoms with Crippen molar-refractivity contribution < 1.29 is 33.2 Å². The molecule has 0 spiro atoms. The van der Waals surface area contributed by atoms with Crippen molar-refractivity contribution in [3.8, 4) is 23.0 Å². The second kappa shape index (κ2) is 16.2. The molecule has 0 N–H and O–H groups in total. The predicted octanol–water partition coefficient (Wildman–Crippen LogP) is 8.17. The maximum Gasteiger partial charge on any atom is 0.310 e. The Morgan fingerprint density at radius 2 is 1.16 bits per heavy atom. The van der Waals surface area contributed by atoms with Crippen LogP contribution in [0.15, 0.2) is 121 Å². The highest BCUT2D eigenvalue weighted by Crippen LogP contribution is 2.49. The van der Waals surface area contributed by atoms with Crippen LogP contribution in [0.3, 0.4) is 0 Å². The fraction of sp³-hybridized carbons (Fsp3) is 0.262. The van der Waals surface area contributed by atoms with Crippen molar-refractivity contribution in [3.05, 3.63) is 155 Å². The maximum atomic E-state index is 14.4. The van der Waals surface area contributed by atoms with Crippen molar-refractivity contribution >= 4 is 5.97 Å². The fourth-order valence-electron chi connectivity index (χ4n) is 6.62. The van der Waals surface area contributed by atoms with E-state index >= 15 is 0 Å². The molecule has 0 saturated heterocycles. The fourth-order valence-corrected chi connectivity index (χ4v) is 6.62. The van der Waals surface area contributed by atoms with Crippen molar-refractivity contribution in [3.63, 3.8) is 0 Å². The maximum absolute atomic E-state index is 14.4. The lowest BCUT2D eigenvalue weighted by molar-refractivity contribution is -0.154. The molecule has 3 unspecified atom stereocenters. The van der Waals surface area contributed by atoms with Crippen molar-refractivity contribution in [2.75, 3.05) is 27.9 Å². The lowest BCUT2D eigenvalue weighted by Crippen LogP contribution is -2.39. The first kappa shape index (κ1) is 33.6. The average Bonchev–Trinajstić information content (AvgIpc) is 3.16. The highest BCUT2D eigenvalue weighted by atomic mass is 16.5. The molecule has 6 rings (SSSR count). The smallest absolute Gasteiger partial charge is 0.310 e. The van der Waals surface area contributed by atoms with Crippen LogP contribution in [0.5, 0.6) is 23.0 Å². The summed E-state index contributed by atoms with van der Waals surface area (Å²) in [6, 6.07) is 39.7. The number of hydrogen-bond acceptors (Lipinski definition) is 7. The Morgan fingerprint density at radius 1 is 0.612 bits per heavy atom. The molecule has 0 aliphatic heterocycles. The molecular formula is C42H42O7. The quantitative estimate of drug-likeness (QED) is 0.112. The molecule has 0 heterocycles. The Labute approximate surface area is 288 Å². The molecule has 0 bridgehead atoms. The minimum Gasteiger partial charge on any atom is -0.493 e. The van der Waals surface area contributed by atoms with Crippen LogP contribution < -0.4 is 18.9 Å². The van der Waals surface area contributed by atoms with E-state index in [0.29, 0.717) is 49.2 Å². The molecule has 1 aliphatic rings. The van der Waals surface area contributed by atoms with Gasteiger partial charge < -0.3 is 28.4 Å². The van der Waals surface area contributed by atoms with E-state index in [1.807, 2.05) is 121 Å². The van der Waals surface area contributed by atoms with Gasteiger partial charge in [0.15, 0.2) is 23.0 Å². The second-order valence-electron chi connectivity index (χ2n) is 12.2. The van der Waals surface area contributed by atoms with Crippen LogP contribution in [0.2, 0.25) is 0 Å². The van der Waals surface area contributed by atoms with Crippen LogP contribution in [0.25, 0.3) is 0 Å². The van der Waals surface area contributed by atoms with E-state index in [-0.39, 0.29) is 18.5 Å². The summed E-state index contributed by atoms with van der Waals surface area (Å²) in [6.45, 7) is 1.37. The Kier molecular flexibility index (Phi) is 11.1. The molecule has 1 aliphatic carbocycles. The molecule has 0 fully saturated rings. The Bertz CT molecular complexity index is 1810. The van der Waals surface area contributed by atoms with Crippen LogP contribution >= 0.6 is 0 Å². The number of esters is 1. The summed E-state index contributed by atoms with van der Waals surface area (Å²) >= 11 is 0. The minimum absolute atomic E-state index is 0.175. The summed E-state index contributed by atoms with van der Waals surface area (Å²) in [7, 11) is 4.88. The summed E-state index contributed by atoms with van der Waals surface area (Å²) < 4.78 is 36.0. The molecule has 0 saturated carbocycles. The van der Waals surface area contributed by atoms with Gasteiger partial charge in [0.05, 0.1) is 40.5 Å². The van der Waals surface area contributed by atoms with E-state index in [1.54, 1.807) is 21.3 Å². The largest absolute Gasteiger partial charge is 0.493 e. The van der Waals surface area contributed by atoms with Gasteiger partial charge >= 0.3 is 5.97 Å². The Morgan fingerprint density at radius 3 is 1.78 bits per heavy atom. The van der Waals surface area contributed by atoms with Crippen molar-refractivity contribution in [1.82, 2.24) is 0 Å². The molecular weight excluding hydrogens is 616 g/mol. The molecule has 5 aromatic rings. The first-order valence-corrected chi connectivity index (χ1v) is 16.5. The van der Waals surface area contributed by atoms with Crippen LogP contribution in [0.1, 0.15) is 39.3 Å². The molecule has 252 valence electrons. The summed E-state index contributed by atoms with van der Waals surface area (Å²) in [5.74, 6) is 0.986. The molecule has 5 aromatic carbocycles. The lowest BCUT2D eigenvalue weighted by atomic mass is 9.66. The van der Waals surface area contributed by atoms with Gasteiger partial charge in [0.25, 0.3) is 0 Å². The topological polar surface area (TPSA) is 72.5 Å². The first-order valence-electron chi connectivity index (χ1n) is 16.5. The van der Waals surface area contributed by atoms with E-state index in [0.717, 1.165) is 33.4 Å². The highest BCUT2D eigenvalue weighted by molar-refractivity contribution is 5.76. The standard InChI is InChI=1S/C42H42O7/c1-44-37-22-32(19-20-36(37)48-26-30-15-9-5-10-16-30)40-35-24-39(46-3)38(45-2)23-33(35)21-34(28-47-25-29-13-7-4-8-14-29)41(40)42(43)49-27-31-17-11-6-12-18-31/h4-20,22-24,34,40-41H,21,25-28H2,1-3H3. The van der Waals surface area contributed by atoms with Gasteiger partial charge in [0, 0.05) is 11.8 Å². The van der Waals surface area contributed by atoms with Crippen molar-refractivity contribution in [2.45, 2.75) is 32.2 Å². The number of methoxy groups -OCH3 is 3. The number of hydrogen-bond donors (Lipinski definition) is 0. The van der Waals surface area contributed by atoms with Gasteiger partial charge in [-0.1, -0.05) is 97.1 Å². The van der Waals surface area contributed by atoms with Crippen LogP contribution in [-0.4, -0.2) is 33.9 Å². The number of ether oxygens (including phenoxy) is 6. The Hall–Kier alpha value is -5.27. The Balaban J connectivity index is 1.39. The number of carbonyl (C=O) groups excluding carboxylic acids is 1. The zero-order chi connectivity index (χ0) is 34.0. The summed E-state index contributed by atoms with van der Waals surface area (Å²) in [4.78, 5) is 14.4. The third-order valence-electron chi connectivity index (χ3n) is 9.05. The highest BCUT2D eigenvalue weighted by Gasteiger charge is 2.44. The van der Waals surface area contributed by atoms with Crippen molar-refractivity contribution in [2.24, 2.45) is 11.8 Å². The van der Waals surface area contributed by atoms with Crippen LogP contribution in [0, 0.1) is 11.8 Å². The SMILES string of the molecule is COc1cc2c(cc1OC)C(c1ccc(OCc3ccccc3)c(OC)c1)C(C(=O)OCc1ccccc1)C(COCc1ccccc1)C2. The van der Waals surface area contributed by atoms with Gasteiger partial charge in [-0.3, -0.25) is 4.79 Å². The zero-order valence-electron chi connectivity index (χ0n) is 28.2.